The van der Waals surface area contributed by atoms with Gasteiger partial charge in [-0.1, -0.05) is 12.8 Å². The molecule has 18 heavy (non-hydrogen) atoms. The number of sulfonamides is 1. The fourth-order valence-electron chi connectivity index (χ4n) is 2.19. The van der Waals surface area contributed by atoms with E-state index in [0.29, 0.717) is 21.1 Å². The monoisotopic (exact) mass is 371 g/mol. The van der Waals surface area contributed by atoms with Gasteiger partial charge in [-0.05, 0) is 40.2 Å². The molecule has 7 heteroatoms. The van der Waals surface area contributed by atoms with Crippen molar-refractivity contribution in [1.29, 1.82) is 0 Å². The van der Waals surface area contributed by atoms with E-state index in [-0.39, 0.29) is 6.04 Å². The molecule has 0 N–H and O–H groups in total. The summed E-state index contributed by atoms with van der Waals surface area (Å²) in [5.41, 5.74) is 0. The lowest BCUT2D eigenvalue weighted by Gasteiger charge is -2.27. The second kappa shape index (κ2) is 6.22. The van der Waals surface area contributed by atoms with Crippen LogP contribution in [-0.2, 0) is 10.0 Å². The fraction of sp³-hybridized carbons (Fsp3) is 0.636. The molecule has 3 nitrogen and oxygen atoms in total. The Kier molecular flexibility index (Phi) is 5.11. The Bertz CT molecular complexity index is 503. The molecule has 1 aromatic heterocycles. The molecule has 1 aliphatic heterocycles. The van der Waals surface area contributed by atoms with Gasteiger partial charge in [0.05, 0.1) is 0 Å². The molecule has 1 aromatic rings. The maximum absolute atomic E-state index is 12.6. The molecule has 1 atom stereocenters. The summed E-state index contributed by atoms with van der Waals surface area (Å²) in [7, 11) is -3.41. The maximum atomic E-state index is 12.6. The Morgan fingerprint density at radius 2 is 2.22 bits per heavy atom. The first kappa shape index (κ1) is 14.8. The van der Waals surface area contributed by atoms with E-state index in [1.165, 1.54) is 11.3 Å². The van der Waals surface area contributed by atoms with E-state index in [1.54, 1.807) is 15.8 Å². The van der Waals surface area contributed by atoms with Gasteiger partial charge in [0.1, 0.15) is 4.21 Å². The highest BCUT2D eigenvalue weighted by molar-refractivity contribution is 9.10. The third kappa shape index (κ3) is 2.93. The molecule has 1 fully saturated rings. The van der Waals surface area contributed by atoms with E-state index in [9.17, 15) is 8.42 Å². The zero-order valence-electron chi connectivity index (χ0n) is 9.81. The van der Waals surface area contributed by atoms with Crippen LogP contribution in [0, 0.1) is 0 Å². The molecule has 102 valence electrons. The van der Waals surface area contributed by atoms with Crippen LogP contribution in [0.3, 0.4) is 0 Å². The zero-order valence-corrected chi connectivity index (χ0v) is 13.8. The summed E-state index contributed by atoms with van der Waals surface area (Å²) >= 11 is 10.5. The summed E-state index contributed by atoms with van der Waals surface area (Å²) in [6.07, 6.45) is 3.89. The minimum atomic E-state index is -3.41. The average Bonchev–Trinajstić information content (AvgIpc) is 2.65. The predicted octanol–water partition coefficient (Wildman–Crippen LogP) is 3.68. The van der Waals surface area contributed by atoms with Crippen LogP contribution in [0.1, 0.15) is 25.7 Å². The van der Waals surface area contributed by atoms with E-state index in [0.717, 1.165) is 25.7 Å². The van der Waals surface area contributed by atoms with Crippen LogP contribution in [0.15, 0.2) is 20.1 Å². The van der Waals surface area contributed by atoms with Crippen LogP contribution >= 0.6 is 38.9 Å². The summed E-state index contributed by atoms with van der Waals surface area (Å²) in [5, 5.41) is 1.78. The van der Waals surface area contributed by atoms with Gasteiger partial charge in [0.15, 0.2) is 0 Å². The Morgan fingerprint density at radius 1 is 1.44 bits per heavy atom. The number of thiophene rings is 1. The number of nitrogens with zero attached hydrogens (tertiary/aromatic N) is 1. The molecule has 0 aromatic carbocycles. The molecular weight excluding hydrogens is 358 g/mol. The van der Waals surface area contributed by atoms with E-state index in [1.807, 2.05) is 0 Å². The van der Waals surface area contributed by atoms with E-state index < -0.39 is 10.0 Å². The molecule has 2 rings (SSSR count). The largest absolute Gasteiger partial charge is 0.253 e. The molecule has 0 bridgehead atoms. The first-order chi connectivity index (χ1) is 8.57. The third-order valence-electron chi connectivity index (χ3n) is 3.13. The zero-order chi connectivity index (χ0) is 13.2. The number of halogens is 2. The quantitative estimate of drug-likeness (QED) is 0.759. The Hall–Kier alpha value is 0.380. The topological polar surface area (TPSA) is 37.4 Å². The Balaban J connectivity index is 2.35. The minimum absolute atomic E-state index is 0.0758. The van der Waals surface area contributed by atoms with Crippen molar-refractivity contribution in [3.63, 3.8) is 0 Å². The van der Waals surface area contributed by atoms with Crippen molar-refractivity contribution in [1.82, 2.24) is 4.31 Å². The summed E-state index contributed by atoms with van der Waals surface area (Å²) in [6.45, 7) is 0.573. The normalized spacial score (nSPS) is 22.9. The van der Waals surface area contributed by atoms with Crippen molar-refractivity contribution in [2.24, 2.45) is 0 Å². The molecule has 1 unspecified atom stereocenters. The smallest absolute Gasteiger partial charge is 0.206 e. The summed E-state index contributed by atoms with van der Waals surface area (Å²) < 4.78 is 27.9. The summed E-state index contributed by atoms with van der Waals surface area (Å²) in [5.74, 6) is 0.363. The van der Waals surface area contributed by atoms with Crippen molar-refractivity contribution in [3.05, 3.63) is 15.9 Å². The lowest BCUT2D eigenvalue weighted by atomic mass is 10.1. The van der Waals surface area contributed by atoms with Gasteiger partial charge < -0.3 is 0 Å². The van der Waals surface area contributed by atoms with E-state index in [4.69, 9.17) is 11.6 Å². The molecule has 0 radical (unpaired) electrons. The maximum Gasteiger partial charge on any atom is 0.253 e. The van der Waals surface area contributed by atoms with Crippen LogP contribution in [0.5, 0.6) is 0 Å². The van der Waals surface area contributed by atoms with Crippen LogP contribution in [0.4, 0.5) is 0 Å². The molecular formula is C11H15BrClNO2S2. The predicted molar refractivity (Wildman–Crippen MR) is 78.9 cm³/mol. The van der Waals surface area contributed by atoms with Gasteiger partial charge >= 0.3 is 0 Å². The van der Waals surface area contributed by atoms with Gasteiger partial charge in [0, 0.05) is 22.9 Å². The number of hydrogen-bond acceptors (Lipinski definition) is 3. The van der Waals surface area contributed by atoms with Gasteiger partial charge in [-0.25, -0.2) is 8.42 Å². The minimum Gasteiger partial charge on any atom is -0.206 e. The first-order valence-corrected chi connectivity index (χ1v) is 9.53. The molecule has 1 saturated heterocycles. The molecule has 0 saturated carbocycles. The van der Waals surface area contributed by atoms with Crippen molar-refractivity contribution in [2.75, 3.05) is 12.4 Å². The molecule has 1 aliphatic rings. The second-order valence-electron chi connectivity index (χ2n) is 4.33. The van der Waals surface area contributed by atoms with Gasteiger partial charge in [0.2, 0.25) is 0 Å². The average molecular weight is 373 g/mol. The van der Waals surface area contributed by atoms with Crippen LogP contribution in [0.25, 0.3) is 0 Å². The van der Waals surface area contributed by atoms with E-state index >= 15 is 0 Å². The second-order valence-corrected chi connectivity index (χ2v) is 8.49. The fourth-order valence-corrected chi connectivity index (χ4v) is 6.71. The van der Waals surface area contributed by atoms with E-state index in [2.05, 4.69) is 15.9 Å². The van der Waals surface area contributed by atoms with Crippen molar-refractivity contribution < 1.29 is 8.42 Å². The lowest BCUT2D eigenvalue weighted by Crippen LogP contribution is -2.40. The summed E-state index contributed by atoms with van der Waals surface area (Å²) in [4.78, 5) is 0. The molecule has 0 spiro atoms. The Labute approximate surface area is 125 Å². The number of alkyl halides is 1. The number of rotatable bonds is 3. The third-order valence-corrected chi connectivity index (χ3v) is 8.08. The van der Waals surface area contributed by atoms with Gasteiger partial charge in [-0.2, -0.15) is 4.31 Å². The van der Waals surface area contributed by atoms with Crippen molar-refractivity contribution in [2.45, 2.75) is 35.9 Å². The van der Waals surface area contributed by atoms with Crippen molar-refractivity contribution >= 4 is 48.9 Å². The highest BCUT2D eigenvalue weighted by Crippen LogP contribution is 2.33. The molecule has 0 amide bonds. The standard InChI is InChI=1S/C11H15BrClNO2S2/c12-10-5-7-17-11(10)18(15,16)14-6-3-1-2-4-9(14)8-13/h5,7,9H,1-4,6,8H2. The Morgan fingerprint density at radius 3 is 2.83 bits per heavy atom. The van der Waals surface area contributed by atoms with Gasteiger partial charge in [-0.3, -0.25) is 0 Å². The highest BCUT2D eigenvalue weighted by atomic mass is 79.9. The number of hydrogen-bond donors (Lipinski definition) is 0. The first-order valence-electron chi connectivity index (χ1n) is 5.88. The molecule has 0 aliphatic carbocycles. The van der Waals surface area contributed by atoms with Crippen LogP contribution in [-0.4, -0.2) is 31.2 Å². The summed E-state index contributed by atoms with van der Waals surface area (Å²) in [6, 6.07) is 1.69. The lowest BCUT2D eigenvalue weighted by molar-refractivity contribution is 0.345. The van der Waals surface area contributed by atoms with Crippen LogP contribution < -0.4 is 0 Å². The van der Waals surface area contributed by atoms with Gasteiger partial charge in [-0.15, -0.1) is 22.9 Å². The SMILES string of the molecule is O=S(=O)(c1sccc1Br)N1CCCCCC1CCl. The highest BCUT2D eigenvalue weighted by Gasteiger charge is 2.33. The van der Waals surface area contributed by atoms with Crippen molar-refractivity contribution in [3.8, 4) is 0 Å². The van der Waals surface area contributed by atoms with Crippen LogP contribution in [0.2, 0.25) is 0 Å². The molecule has 2 heterocycles. The van der Waals surface area contributed by atoms with Gasteiger partial charge in [0.25, 0.3) is 10.0 Å².